The number of rotatable bonds is 9. The smallest absolute Gasteiger partial charge is 0.242 e. The van der Waals surface area contributed by atoms with E-state index in [-0.39, 0.29) is 17.8 Å². The number of hydrogen-bond acceptors (Lipinski definition) is 3. The summed E-state index contributed by atoms with van der Waals surface area (Å²) in [4.78, 5) is 24.5. The monoisotopic (exact) mass is 366 g/mol. The lowest BCUT2D eigenvalue weighted by Gasteiger charge is -2.27. The van der Waals surface area contributed by atoms with Crippen LogP contribution in [0.3, 0.4) is 0 Å². The van der Waals surface area contributed by atoms with Crippen LogP contribution in [0.2, 0.25) is 0 Å². The van der Waals surface area contributed by atoms with Crippen LogP contribution in [0.5, 0.6) is 0 Å². The third-order valence-electron chi connectivity index (χ3n) is 4.83. The Kier molecular flexibility index (Phi) is 10.3. The second-order valence-electron chi connectivity index (χ2n) is 8.43. The minimum Gasteiger partial charge on any atom is -0.354 e. The molecule has 0 aromatic carbocycles. The van der Waals surface area contributed by atoms with Gasteiger partial charge in [0.25, 0.3) is 0 Å². The summed E-state index contributed by atoms with van der Waals surface area (Å²) >= 11 is 0. The number of carbonyl (C=O) groups is 2. The molecule has 2 amide bonds. The largest absolute Gasteiger partial charge is 0.354 e. The van der Waals surface area contributed by atoms with Crippen molar-refractivity contribution >= 4 is 17.8 Å². The van der Waals surface area contributed by atoms with E-state index >= 15 is 0 Å². The Bertz CT molecular complexity index is 457. The van der Waals surface area contributed by atoms with Crippen molar-refractivity contribution in [3.63, 3.8) is 0 Å². The van der Waals surface area contributed by atoms with Crippen molar-refractivity contribution in [3.05, 3.63) is 0 Å². The number of carbonyl (C=O) groups excluding carboxylic acids is 2. The molecular weight excluding hydrogens is 328 g/mol. The molecule has 0 spiro atoms. The van der Waals surface area contributed by atoms with Gasteiger partial charge in [-0.05, 0) is 30.6 Å². The van der Waals surface area contributed by atoms with Gasteiger partial charge in [-0.1, -0.05) is 59.8 Å². The normalized spacial score (nSPS) is 16.4. The zero-order chi connectivity index (χ0) is 19.5. The lowest BCUT2D eigenvalue weighted by Crippen LogP contribution is -2.52. The van der Waals surface area contributed by atoms with E-state index in [2.05, 4.69) is 43.6 Å². The standard InChI is InChI=1S/C20H38N4O2/c1-14(2)10-11-18(25)24-20(21)23-17(19(26)22-13-15(3)4)12-16-8-6-5-7-9-16/h14-17H,5-13H2,1-4H3,(H,22,26)(H3,21,23,24,25)/t17-/m1/s1. The third-order valence-corrected chi connectivity index (χ3v) is 4.83. The number of nitrogens with one attached hydrogen (secondary N) is 4. The molecule has 1 fully saturated rings. The molecule has 0 heterocycles. The molecule has 4 N–H and O–H groups in total. The summed E-state index contributed by atoms with van der Waals surface area (Å²) in [6.45, 7) is 8.86. The topological polar surface area (TPSA) is 94.1 Å². The van der Waals surface area contributed by atoms with Crippen LogP contribution in [-0.2, 0) is 9.59 Å². The molecule has 26 heavy (non-hydrogen) atoms. The van der Waals surface area contributed by atoms with Gasteiger partial charge in [0.15, 0.2) is 5.96 Å². The van der Waals surface area contributed by atoms with E-state index in [0.717, 1.165) is 19.3 Å². The van der Waals surface area contributed by atoms with Gasteiger partial charge in [0.05, 0.1) is 0 Å². The van der Waals surface area contributed by atoms with Gasteiger partial charge >= 0.3 is 0 Å². The second-order valence-corrected chi connectivity index (χ2v) is 8.43. The third kappa shape index (κ3) is 9.78. The van der Waals surface area contributed by atoms with Gasteiger partial charge in [-0.3, -0.25) is 20.3 Å². The molecule has 0 radical (unpaired) electrons. The van der Waals surface area contributed by atoms with Crippen LogP contribution in [-0.4, -0.2) is 30.4 Å². The van der Waals surface area contributed by atoms with Crippen LogP contribution < -0.4 is 16.0 Å². The Morgan fingerprint density at radius 3 is 2.27 bits per heavy atom. The van der Waals surface area contributed by atoms with Crippen LogP contribution in [0, 0.1) is 23.2 Å². The molecule has 1 rings (SSSR count). The summed E-state index contributed by atoms with van der Waals surface area (Å²) in [5.41, 5.74) is 0. The van der Waals surface area contributed by atoms with E-state index in [1.807, 2.05) is 0 Å². The molecule has 0 bridgehead atoms. The highest BCUT2D eigenvalue weighted by Crippen LogP contribution is 2.27. The predicted octanol–water partition coefficient (Wildman–Crippen LogP) is 3.17. The van der Waals surface area contributed by atoms with Crippen molar-refractivity contribution in [1.29, 1.82) is 5.41 Å². The van der Waals surface area contributed by atoms with Gasteiger partial charge in [0.2, 0.25) is 11.8 Å². The Balaban J connectivity index is 2.57. The minimum atomic E-state index is -0.463. The number of hydrogen-bond donors (Lipinski definition) is 4. The summed E-state index contributed by atoms with van der Waals surface area (Å²) in [7, 11) is 0. The summed E-state index contributed by atoms with van der Waals surface area (Å²) in [6, 6.07) is -0.463. The van der Waals surface area contributed by atoms with Crippen molar-refractivity contribution in [1.82, 2.24) is 16.0 Å². The summed E-state index contributed by atoms with van der Waals surface area (Å²) in [5, 5.41) is 16.5. The second kappa shape index (κ2) is 11.9. The summed E-state index contributed by atoms with van der Waals surface area (Å²) < 4.78 is 0. The molecule has 0 aromatic rings. The first-order valence-corrected chi connectivity index (χ1v) is 10.2. The molecule has 1 atom stereocenters. The van der Waals surface area contributed by atoms with E-state index in [9.17, 15) is 9.59 Å². The maximum atomic E-state index is 12.6. The van der Waals surface area contributed by atoms with E-state index in [1.165, 1.54) is 19.3 Å². The Morgan fingerprint density at radius 1 is 1.04 bits per heavy atom. The molecular formula is C20H38N4O2. The van der Waals surface area contributed by atoms with Crippen LogP contribution in [0.15, 0.2) is 0 Å². The molecule has 0 aromatic heterocycles. The van der Waals surface area contributed by atoms with E-state index in [0.29, 0.717) is 37.1 Å². The summed E-state index contributed by atoms with van der Waals surface area (Å²) in [5.74, 6) is 1.02. The van der Waals surface area contributed by atoms with E-state index in [4.69, 9.17) is 5.41 Å². The van der Waals surface area contributed by atoms with Crippen LogP contribution in [0.1, 0.15) is 79.1 Å². The van der Waals surface area contributed by atoms with Crippen molar-refractivity contribution in [2.45, 2.75) is 85.1 Å². The van der Waals surface area contributed by atoms with Crippen molar-refractivity contribution in [3.8, 4) is 0 Å². The first kappa shape index (κ1) is 22.5. The van der Waals surface area contributed by atoms with Gasteiger partial charge in [-0.2, -0.15) is 0 Å². The average Bonchev–Trinajstić information content (AvgIpc) is 2.58. The first-order chi connectivity index (χ1) is 12.3. The highest BCUT2D eigenvalue weighted by molar-refractivity contribution is 5.97. The van der Waals surface area contributed by atoms with Gasteiger partial charge in [0, 0.05) is 13.0 Å². The Labute approximate surface area is 158 Å². The summed E-state index contributed by atoms with van der Waals surface area (Å²) in [6.07, 6.45) is 7.90. The van der Waals surface area contributed by atoms with Gasteiger partial charge < -0.3 is 10.6 Å². The molecule has 6 nitrogen and oxygen atoms in total. The van der Waals surface area contributed by atoms with Crippen molar-refractivity contribution in [2.75, 3.05) is 6.54 Å². The maximum absolute atomic E-state index is 12.6. The van der Waals surface area contributed by atoms with Crippen molar-refractivity contribution in [2.24, 2.45) is 17.8 Å². The highest BCUT2D eigenvalue weighted by atomic mass is 16.2. The first-order valence-electron chi connectivity index (χ1n) is 10.2. The average molecular weight is 367 g/mol. The lowest BCUT2D eigenvalue weighted by atomic mass is 9.84. The predicted molar refractivity (Wildman–Crippen MR) is 106 cm³/mol. The minimum absolute atomic E-state index is 0.0701. The molecule has 0 aliphatic heterocycles. The Morgan fingerprint density at radius 2 is 1.69 bits per heavy atom. The Hall–Kier alpha value is -1.59. The SMILES string of the molecule is CC(C)CCC(=O)NC(=N)N[C@H](CC1CCCCC1)C(=O)NCC(C)C. The highest BCUT2D eigenvalue weighted by Gasteiger charge is 2.25. The molecule has 0 unspecified atom stereocenters. The fourth-order valence-electron chi connectivity index (χ4n) is 3.25. The van der Waals surface area contributed by atoms with E-state index < -0.39 is 6.04 Å². The fraction of sp³-hybridized carbons (Fsp3) is 0.850. The molecule has 1 saturated carbocycles. The zero-order valence-electron chi connectivity index (χ0n) is 17.0. The van der Waals surface area contributed by atoms with Gasteiger partial charge in [-0.15, -0.1) is 0 Å². The van der Waals surface area contributed by atoms with Gasteiger partial charge in [-0.25, -0.2) is 0 Å². The van der Waals surface area contributed by atoms with E-state index in [1.54, 1.807) is 0 Å². The lowest BCUT2D eigenvalue weighted by molar-refractivity contribution is -0.124. The quantitative estimate of drug-likeness (QED) is 0.373. The molecule has 1 aliphatic rings. The zero-order valence-corrected chi connectivity index (χ0v) is 17.0. The molecule has 6 heteroatoms. The maximum Gasteiger partial charge on any atom is 0.242 e. The van der Waals surface area contributed by atoms with Gasteiger partial charge in [0.1, 0.15) is 6.04 Å². The van der Waals surface area contributed by atoms with Crippen LogP contribution in [0.25, 0.3) is 0 Å². The van der Waals surface area contributed by atoms with Crippen LogP contribution >= 0.6 is 0 Å². The molecule has 1 aliphatic carbocycles. The van der Waals surface area contributed by atoms with Crippen molar-refractivity contribution < 1.29 is 9.59 Å². The number of amides is 2. The molecule has 0 saturated heterocycles. The number of guanidine groups is 1. The van der Waals surface area contributed by atoms with Crippen LogP contribution in [0.4, 0.5) is 0 Å². The molecule has 150 valence electrons. The fourth-order valence-corrected chi connectivity index (χ4v) is 3.25.